The van der Waals surface area contributed by atoms with Gasteiger partial charge in [0.15, 0.2) is 0 Å². The predicted octanol–water partition coefficient (Wildman–Crippen LogP) is 3.92. The van der Waals surface area contributed by atoms with Crippen LogP contribution < -0.4 is 15.5 Å². The number of carbonyl (C=O) groups is 1. The lowest BCUT2D eigenvalue weighted by molar-refractivity contribution is 0.0815. The van der Waals surface area contributed by atoms with Gasteiger partial charge < -0.3 is 25.0 Å². The summed E-state index contributed by atoms with van der Waals surface area (Å²) >= 11 is 0. The summed E-state index contributed by atoms with van der Waals surface area (Å²) in [6, 6.07) is 6.01. The second kappa shape index (κ2) is 11.1. The van der Waals surface area contributed by atoms with E-state index in [-0.39, 0.29) is 13.4 Å². The molecule has 1 unspecified atom stereocenters. The third-order valence-electron chi connectivity index (χ3n) is 5.70. The van der Waals surface area contributed by atoms with Crippen LogP contribution in [0.25, 0.3) is 11.0 Å². The molecule has 9 heteroatoms. The van der Waals surface area contributed by atoms with Gasteiger partial charge in [-0.2, -0.15) is 4.98 Å². The number of hydrogen-bond acceptors (Lipinski definition) is 7. The molecule has 0 aliphatic carbocycles. The average molecular weight is 455 g/mol. The Morgan fingerprint density at radius 3 is 2.55 bits per heavy atom. The lowest BCUT2D eigenvalue weighted by atomic mass is 10.2. The van der Waals surface area contributed by atoms with Crippen LogP contribution in [-0.2, 0) is 0 Å². The Morgan fingerprint density at radius 1 is 1.21 bits per heavy atom. The lowest BCUT2D eigenvalue weighted by Gasteiger charge is -2.29. The van der Waals surface area contributed by atoms with Crippen molar-refractivity contribution in [2.75, 3.05) is 50.5 Å². The molecule has 3 aromatic rings. The van der Waals surface area contributed by atoms with Crippen molar-refractivity contribution in [1.29, 1.82) is 0 Å². The van der Waals surface area contributed by atoms with Gasteiger partial charge in [0.1, 0.15) is 17.2 Å². The molecule has 0 aromatic carbocycles. The lowest BCUT2D eigenvalue weighted by Crippen LogP contribution is -2.43. The van der Waals surface area contributed by atoms with Gasteiger partial charge in [0.2, 0.25) is 5.95 Å². The van der Waals surface area contributed by atoms with E-state index in [2.05, 4.69) is 45.4 Å². The van der Waals surface area contributed by atoms with Gasteiger partial charge in [-0.15, -0.1) is 0 Å². The summed E-state index contributed by atoms with van der Waals surface area (Å²) in [4.78, 5) is 30.3. The maximum atomic E-state index is 12.7. The fourth-order valence-corrected chi connectivity index (χ4v) is 3.78. The Morgan fingerprint density at radius 2 is 1.94 bits per heavy atom. The second-order valence-corrected chi connectivity index (χ2v) is 8.09. The number of rotatable bonds is 6. The van der Waals surface area contributed by atoms with E-state index in [0.717, 1.165) is 49.3 Å². The van der Waals surface area contributed by atoms with E-state index in [4.69, 9.17) is 4.98 Å². The molecule has 1 aliphatic rings. The summed E-state index contributed by atoms with van der Waals surface area (Å²) in [5, 5.41) is 7.40. The highest BCUT2D eigenvalue weighted by Crippen LogP contribution is 2.26. The number of carbonyl (C=O) groups excluding carboxylic acids is 1. The molecule has 1 aliphatic heterocycles. The number of fused-ring (bicyclic) bond motifs is 1. The zero-order chi connectivity index (χ0) is 24.0. The van der Waals surface area contributed by atoms with Crippen molar-refractivity contribution >= 4 is 34.4 Å². The van der Waals surface area contributed by atoms with Crippen LogP contribution in [-0.4, -0.2) is 70.6 Å². The van der Waals surface area contributed by atoms with Crippen LogP contribution >= 0.6 is 0 Å². The summed E-state index contributed by atoms with van der Waals surface area (Å²) in [5.41, 5.74) is 2.48. The average Bonchev–Trinajstić information content (AvgIpc) is 3.24. The molecule has 180 valence electrons. The number of amides is 1. The van der Waals surface area contributed by atoms with Crippen molar-refractivity contribution in [3.63, 3.8) is 0 Å². The van der Waals surface area contributed by atoms with E-state index in [1.165, 1.54) is 0 Å². The highest BCUT2D eigenvalue weighted by atomic mass is 16.2. The molecule has 4 heterocycles. The van der Waals surface area contributed by atoms with Crippen molar-refractivity contribution in [3.05, 3.63) is 36.3 Å². The van der Waals surface area contributed by atoms with Crippen molar-refractivity contribution in [2.45, 2.75) is 40.2 Å². The maximum absolute atomic E-state index is 12.7. The minimum Gasteiger partial charge on any atom is -0.368 e. The topological polar surface area (TPSA) is 91.2 Å². The molecule has 3 aromatic heterocycles. The van der Waals surface area contributed by atoms with E-state index >= 15 is 0 Å². The summed E-state index contributed by atoms with van der Waals surface area (Å²) in [6.07, 6.45) is 4.52. The molecular weight excluding hydrogens is 416 g/mol. The van der Waals surface area contributed by atoms with Crippen LogP contribution in [0.2, 0.25) is 0 Å². The number of aromatic nitrogens is 4. The first-order valence-electron chi connectivity index (χ1n) is 11.8. The smallest absolute Gasteiger partial charge is 0.270 e. The van der Waals surface area contributed by atoms with Gasteiger partial charge in [-0.3, -0.25) is 4.79 Å². The number of piperazine rings is 1. The number of anilines is 3. The summed E-state index contributed by atoms with van der Waals surface area (Å²) in [5.74, 6) is 1.10. The van der Waals surface area contributed by atoms with Crippen LogP contribution in [0.5, 0.6) is 0 Å². The number of nitrogens with zero attached hydrogens (tertiary/aromatic N) is 6. The molecule has 1 amide bonds. The Kier molecular flexibility index (Phi) is 8.21. The molecule has 1 fully saturated rings. The third kappa shape index (κ3) is 5.42. The molecule has 2 N–H and O–H groups in total. The summed E-state index contributed by atoms with van der Waals surface area (Å²) in [6.45, 7) is 12.1. The van der Waals surface area contributed by atoms with Crippen molar-refractivity contribution < 1.29 is 6.22 Å². The maximum Gasteiger partial charge on any atom is 0.270 e. The van der Waals surface area contributed by atoms with Gasteiger partial charge in [0, 0.05) is 59.3 Å². The van der Waals surface area contributed by atoms with Crippen LogP contribution in [0.15, 0.2) is 30.6 Å². The second-order valence-electron chi connectivity index (χ2n) is 8.09. The van der Waals surface area contributed by atoms with Gasteiger partial charge in [0.05, 0.1) is 11.9 Å². The number of nitrogens with one attached hydrogen (secondary N) is 2. The summed E-state index contributed by atoms with van der Waals surface area (Å²) < 4.78 is 2.01. The Labute approximate surface area is 197 Å². The van der Waals surface area contributed by atoms with E-state index in [1.807, 2.05) is 36.7 Å². The Balaban J connectivity index is 0.00000133. The number of pyridine rings is 1. The van der Waals surface area contributed by atoms with E-state index < -0.39 is 0 Å². The molecule has 0 saturated carbocycles. The molecule has 0 bridgehead atoms. The standard InChI is InChI=1S/C22H30N8O.C2H6.H2/c1-5-15(2)30-18(21(31)28(3)4)12-16-13-25-22(27-20(16)30)26-19-7-6-17(14-24-19)29-10-8-23-9-11-29;1-2;/h6-7,12-15,23H,5,8-11H2,1-4H3,(H,24,25,26,27);1-2H3;1H. The van der Waals surface area contributed by atoms with Crippen LogP contribution in [0.3, 0.4) is 0 Å². The molecule has 1 atom stereocenters. The molecule has 1 saturated heterocycles. The van der Waals surface area contributed by atoms with Gasteiger partial charge in [-0.25, -0.2) is 9.97 Å². The van der Waals surface area contributed by atoms with Gasteiger partial charge in [-0.1, -0.05) is 20.8 Å². The van der Waals surface area contributed by atoms with Gasteiger partial charge >= 0.3 is 0 Å². The monoisotopic (exact) mass is 454 g/mol. The van der Waals surface area contributed by atoms with Gasteiger partial charge in [-0.05, 0) is 31.5 Å². The van der Waals surface area contributed by atoms with Crippen LogP contribution in [0.4, 0.5) is 17.5 Å². The SMILES string of the molecule is CC.CCC(C)n1c(C(=O)N(C)C)cc2cnc(Nc3ccc(N4CCNCC4)cn3)nc21.[HH]. The molecular formula is C24H38N8O. The first kappa shape index (κ1) is 24.4. The fourth-order valence-electron chi connectivity index (χ4n) is 3.78. The highest BCUT2D eigenvalue weighted by molar-refractivity contribution is 5.97. The zero-order valence-electron chi connectivity index (χ0n) is 20.6. The van der Waals surface area contributed by atoms with Gasteiger partial charge in [0.25, 0.3) is 5.91 Å². The van der Waals surface area contributed by atoms with E-state index in [9.17, 15) is 4.79 Å². The minimum absolute atomic E-state index is 0. The molecule has 9 nitrogen and oxygen atoms in total. The first-order chi connectivity index (χ1) is 16.0. The Bertz CT molecular complexity index is 1060. The molecule has 4 rings (SSSR count). The van der Waals surface area contributed by atoms with Crippen molar-refractivity contribution in [3.8, 4) is 0 Å². The van der Waals surface area contributed by atoms with Crippen molar-refractivity contribution in [1.82, 2.24) is 29.7 Å². The van der Waals surface area contributed by atoms with Crippen LogP contribution in [0, 0.1) is 0 Å². The third-order valence-corrected chi connectivity index (χ3v) is 5.70. The highest BCUT2D eigenvalue weighted by Gasteiger charge is 2.21. The van der Waals surface area contributed by atoms with E-state index in [0.29, 0.717) is 17.5 Å². The summed E-state index contributed by atoms with van der Waals surface area (Å²) in [7, 11) is 3.52. The number of hydrogen-bond donors (Lipinski definition) is 2. The predicted molar refractivity (Wildman–Crippen MR) is 137 cm³/mol. The normalized spacial score (nSPS) is 14.4. The van der Waals surface area contributed by atoms with Crippen LogP contribution in [0.1, 0.15) is 52.1 Å². The zero-order valence-corrected chi connectivity index (χ0v) is 20.6. The van der Waals surface area contributed by atoms with E-state index in [1.54, 1.807) is 25.2 Å². The molecule has 0 spiro atoms. The Hall–Kier alpha value is -3.20. The van der Waals surface area contributed by atoms with Crippen molar-refractivity contribution in [2.24, 2.45) is 0 Å². The fraction of sp³-hybridized carbons (Fsp3) is 0.500. The minimum atomic E-state index is -0.0435. The molecule has 0 radical (unpaired) electrons. The molecule has 33 heavy (non-hydrogen) atoms. The quantitative estimate of drug-likeness (QED) is 0.583. The first-order valence-corrected chi connectivity index (χ1v) is 11.8. The largest absolute Gasteiger partial charge is 0.368 e.